The molecule has 10 heteroatoms. The van der Waals surface area contributed by atoms with Crippen LogP contribution in [0.3, 0.4) is 0 Å². The normalized spacial score (nSPS) is 18.0. The van der Waals surface area contributed by atoms with Crippen LogP contribution in [0.2, 0.25) is 5.02 Å². The Labute approximate surface area is 173 Å². The Morgan fingerprint density at radius 3 is 2.76 bits per heavy atom. The molecule has 154 valence electrons. The van der Waals surface area contributed by atoms with Crippen molar-refractivity contribution in [3.05, 3.63) is 47.0 Å². The number of benzene rings is 2. The van der Waals surface area contributed by atoms with Gasteiger partial charge in [0.25, 0.3) is 5.91 Å². The van der Waals surface area contributed by atoms with E-state index in [4.69, 9.17) is 25.8 Å². The van der Waals surface area contributed by atoms with Crippen molar-refractivity contribution in [2.24, 2.45) is 0 Å². The summed E-state index contributed by atoms with van der Waals surface area (Å²) in [4.78, 5) is 12.5. The Hall–Kier alpha value is -2.33. The highest BCUT2D eigenvalue weighted by Gasteiger charge is 2.23. The van der Waals surface area contributed by atoms with Crippen LogP contribution < -0.4 is 19.5 Å². The molecule has 1 atom stereocenters. The van der Waals surface area contributed by atoms with Crippen LogP contribution in [0, 0.1) is 0 Å². The van der Waals surface area contributed by atoms with Crippen LogP contribution in [0.15, 0.2) is 41.3 Å². The summed E-state index contributed by atoms with van der Waals surface area (Å²) in [5, 5.41) is 2.74. The third-order valence-corrected chi connectivity index (χ3v) is 6.54. The number of amides is 1. The second-order valence-electron chi connectivity index (χ2n) is 6.65. The molecule has 2 heterocycles. The van der Waals surface area contributed by atoms with E-state index in [9.17, 15) is 13.2 Å². The van der Waals surface area contributed by atoms with E-state index in [0.29, 0.717) is 23.8 Å². The van der Waals surface area contributed by atoms with Crippen molar-refractivity contribution < 1.29 is 27.4 Å². The van der Waals surface area contributed by atoms with Gasteiger partial charge in [0.05, 0.1) is 11.1 Å². The van der Waals surface area contributed by atoms with Gasteiger partial charge in [0, 0.05) is 30.5 Å². The first-order valence-corrected chi connectivity index (χ1v) is 10.9. The third-order valence-electron chi connectivity index (χ3n) is 4.64. The smallest absolute Gasteiger partial charge is 0.255 e. The molecule has 0 unspecified atom stereocenters. The highest BCUT2D eigenvalue weighted by Crippen LogP contribution is 2.34. The molecule has 0 saturated carbocycles. The molecule has 1 amide bonds. The quantitative estimate of drug-likeness (QED) is 0.718. The SMILES string of the molecule is O=C(Nc1ccc2c(c1)OCO2)c1ccc(Cl)c(S(=O)(=O)NC[C@@H]2CCCO2)c1. The van der Waals surface area contributed by atoms with E-state index in [1.54, 1.807) is 18.2 Å². The van der Waals surface area contributed by atoms with Crippen molar-refractivity contribution in [1.29, 1.82) is 0 Å². The maximum absolute atomic E-state index is 12.7. The van der Waals surface area contributed by atoms with Gasteiger partial charge in [-0.1, -0.05) is 11.6 Å². The number of halogens is 1. The lowest BCUT2D eigenvalue weighted by atomic mass is 10.2. The van der Waals surface area contributed by atoms with E-state index in [-0.39, 0.29) is 34.9 Å². The van der Waals surface area contributed by atoms with Gasteiger partial charge in [-0.05, 0) is 43.2 Å². The van der Waals surface area contributed by atoms with Gasteiger partial charge in [-0.2, -0.15) is 0 Å². The number of anilines is 1. The van der Waals surface area contributed by atoms with E-state index < -0.39 is 15.9 Å². The molecule has 2 aromatic rings. The first-order chi connectivity index (χ1) is 13.9. The molecule has 2 aliphatic heterocycles. The zero-order chi connectivity index (χ0) is 20.4. The number of ether oxygens (including phenoxy) is 3. The Morgan fingerprint density at radius 2 is 1.97 bits per heavy atom. The fourth-order valence-electron chi connectivity index (χ4n) is 3.11. The standard InChI is InChI=1S/C19H19ClN2O6S/c20-15-5-3-12(8-18(15)29(24,25)21-10-14-2-1-7-26-14)19(23)22-13-4-6-16-17(9-13)28-11-27-16/h3-6,8-9,14,21H,1-2,7,10-11H2,(H,22,23)/t14-/m0/s1. The average molecular weight is 439 g/mol. The maximum Gasteiger partial charge on any atom is 0.255 e. The van der Waals surface area contributed by atoms with E-state index >= 15 is 0 Å². The summed E-state index contributed by atoms with van der Waals surface area (Å²) < 4.78 is 43.8. The summed E-state index contributed by atoms with van der Waals surface area (Å²) >= 11 is 6.09. The van der Waals surface area contributed by atoms with Gasteiger partial charge >= 0.3 is 0 Å². The third kappa shape index (κ3) is 4.48. The minimum absolute atomic E-state index is 0.0319. The summed E-state index contributed by atoms with van der Waals surface area (Å²) in [6.07, 6.45) is 1.55. The summed E-state index contributed by atoms with van der Waals surface area (Å²) in [5.41, 5.74) is 0.652. The summed E-state index contributed by atoms with van der Waals surface area (Å²) in [7, 11) is -3.89. The summed E-state index contributed by atoms with van der Waals surface area (Å²) in [6, 6.07) is 9.09. The van der Waals surface area contributed by atoms with Crippen molar-refractivity contribution in [2.45, 2.75) is 23.8 Å². The average Bonchev–Trinajstić information content (AvgIpc) is 3.38. The van der Waals surface area contributed by atoms with Crippen LogP contribution in [0.5, 0.6) is 11.5 Å². The number of fused-ring (bicyclic) bond motifs is 1. The predicted molar refractivity (Wildman–Crippen MR) is 106 cm³/mol. The lowest BCUT2D eigenvalue weighted by Gasteiger charge is -2.13. The zero-order valence-corrected chi connectivity index (χ0v) is 16.9. The molecule has 0 bridgehead atoms. The molecule has 1 saturated heterocycles. The van der Waals surface area contributed by atoms with Crippen LogP contribution in [0.25, 0.3) is 0 Å². The molecule has 2 N–H and O–H groups in total. The number of rotatable bonds is 6. The van der Waals surface area contributed by atoms with Gasteiger partial charge in [0.1, 0.15) is 4.90 Å². The largest absolute Gasteiger partial charge is 0.454 e. The number of hydrogen-bond donors (Lipinski definition) is 2. The lowest BCUT2D eigenvalue weighted by molar-refractivity contribution is 0.102. The van der Waals surface area contributed by atoms with Crippen molar-refractivity contribution in [1.82, 2.24) is 4.72 Å². The maximum atomic E-state index is 12.7. The molecule has 2 aliphatic rings. The zero-order valence-electron chi connectivity index (χ0n) is 15.3. The number of sulfonamides is 1. The Kier molecular flexibility index (Phi) is 5.64. The van der Waals surface area contributed by atoms with Crippen molar-refractivity contribution >= 4 is 33.2 Å². The molecular formula is C19H19ClN2O6S. The van der Waals surface area contributed by atoms with Crippen LogP contribution in [-0.4, -0.2) is 40.4 Å². The molecule has 2 aromatic carbocycles. The topological polar surface area (TPSA) is 103 Å². The van der Waals surface area contributed by atoms with Gasteiger partial charge in [0.15, 0.2) is 11.5 Å². The molecule has 0 aliphatic carbocycles. The van der Waals surface area contributed by atoms with Crippen molar-refractivity contribution in [3.63, 3.8) is 0 Å². The second kappa shape index (κ2) is 8.19. The predicted octanol–water partition coefficient (Wildman–Crippen LogP) is 2.78. The monoisotopic (exact) mass is 438 g/mol. The van der Waals surface area contributed by atoms with Gasteiger partial charge in [-0.25, -0.2) is 13.1 Å². The minimum Gasteiger partial charge on any atom is -0.454 e. The van der Waals surface area contributed by atoms with Crippen LogP contribution in [0.1, 0.15) is 23.2 Å². The van der Waals surface area contributed by atoms with E-state index in [2.05, 4.69) is 10.0 Å². The fourth-order valence-corrected chi connectivity index (χ4v) is 4.70. The van der Waals surface area contributed by atoms with Gasteiger partial charge in [-0.3, -0.25) is 4.79 Å². The molecular weight excluding hydrogens is 420 g/mol. The Bertz CT molecular complexity index is 1040. The van der Waals surface area contributed by atoms with Crippen LogP contribution >= 0.6 is 11.6 Å². The first-order valence-electron chi connectivity index (χ1n) is 9.04. The molecule has 0 spiro atoms. The lowest BCUT2D eigenvalue weighted by Crippen LogP contribution is -2.32. The number of nitrogens with one attached hydrogen (secondary N) is 2. The number of hydrogen-bond acceptors (Lipinski definition) is 6. The minimum atomic E-state index is -3.89. The first kappa shape index (κ1) is 20.0. The van der Waals surface area contributed by atoms with Crippen LogP contribution in [-0.2, 0) is 14.8 Å². The van der Waals surface area contributed by atoms with Crippen molar-refractivity contribution in [2.75, 3.05) is 25.3 Å². The van der Waals surface area contributed by atoms with Gasteiger partial charge in [-0.15, -0.1) is 0 Å². The summed E-state index contributed by atoms with van der Waals surface area (Å²) in [6.45, 7) is 0.916. The van der Waals surface area contributed by atoms with E-state index in [1.165, 1.54) is 18.2 Å². The van der Waals surface area contributed by atoms with Gasteiger partial charge in [0.2, 0.25) is 16.8 Å². The van der Waals surface area contributed by atoms with Crippen molar-refractivity contribution in [3.8, 4) is 11.5 Å². The Balaban J connectivity index is 1.50. The molecule has 0 aromatic heterocycles. The molecule has 4 rings (SSSR count). The highest BCUT2D eigenvalue weighted by atomic mass is 35.5. The van der Waals surface area contributed by atoms with Crippen LogP contribution in [0.4, 0.5) is 5.69 Å². The Morgan fingerprint density at radius 1 is 1.14 bits per heavy atom. The number of carbonyl (C=O) groups excluding carboxylic acids is 1. The molecule has 1 fully saturated rings. The second-order valence-corrected chi connectivity index (χ2v) is 8.80. The molecule has 29 heavy (non-hydrogen) atoms. The van der Waals surface area contributed by atoms with Gasteiger partial charge < -0.3 is 19.5 Å². The summed E-state index contributed by atoms with van der Waals surface area (Å²) in [5.74, 6) is 0.650. The number of carbonyl (C=O) groups is 1. The van der Waals surface area contributed by atoms with E-state index in [1.807, 2.05) is 0 Å². The highest BCUT2D eigenvalue weighted by molar-refractivity contribution is 7.89. The van der Waals surface area contributed by atoms with E-state index in [0.717, 1.165) is 12.8 Å². The molecule has 0 radical (unpaired) electrons. The molecule has 8 nitrogen and oxygen atoms in total. The fraction of sp³-hybridized carbons (Fsp3) is 0.316.